The fourth-order valence-electron chi connectivity index (χ4n) is 2.40. The van der Waals surface area contributed by atoms with Crippen LogP contribution in [-0.4, -0.2) is 56.9 Å². The second-order valence-corrected chi connectivity index (χ2v) is 4.64. The lowest BCUT2D eigenvalue weighted by Crippen LogP contribution is -2.44. The summed E-state index contributed by atoms with van der Waals surface area (Å²) in [7, 11) is 0. The second kappa shape index (κ2) is 6.35. The van der Waals surface area contributed by atoms with Crippen molar-refractivity contribution in [1.29, 1.82) is 0 Å². The first-order valence-electron chi connectivity index (χ1n) is 6.42. The van der Waals surface area contributed by atoms with Crippen molar-refractivity contribution in [1.82, 2.24) is 20.9 Å². The molecule has 0 saturated carbocycles. The number of hydrogen-bond acceptors (Lipinski definition) is 4. The van der Waals surface area contributed by atoms with Gasteiger partial charge in [0.2, 0.25) is 0 Å². The number of nitrogens with zero attached hydrogens (tertiary/aromatic N) is 1. The van der Waals surface area contributed by atoms with E-state index >= 15 is 0 Å². The second-order valence-electron chi connectivity index (χ2n) is 4.64. The zero-order chi connectivity index (χ0) is 11.2. The van der Waals surface area contributed by atoms with Crippen molar-refractivity contribution in [2.75, 3.05) is 45.8 Å². The summed E-state index contributed by atoms with van der Waals surface area (Å²) in [5.74, 6) is 0. The summed E-state index contributed by atoms with van der Waals surface area (Å²) in [5.41, 5.74) is 1.55. The van der Waals surface area contributed by atoms with Gasteiger partial charge in [-0.2, -0.15) is 0 Å². The molecule has 4 nitrogen and oxygen atoms in total. The first-order valence-corrected chi connectivity index (χ1v) is 6.42. The summed E-state index contributed by atoms with van der Waals surface area (Å²) in [6.45, 7) is 10.1. The molecule has 0 radical (unpaired) electrons. The highest BCUT2D eigenvalue weighted by atomic mass is 15.2. The maximum Gasteiger partial charge on any atom is 0.0611 e. The topological polar surface area (TPSA) is 39.3 Å². The van der Waals surface area contributed by atoms with Gasteiger partial charge in [0.25, 0.3) is 0 Å². The van der Waals surface area contributed by atoms with E-state index in [1.165, 1.54) is 13.1 Å². The number of nitrogens with one attached hydrogen (secondary N) is 3. The van der Waals surface area contributed by atoms with Gasteiger partial charge in [0.05, 0.1) is 6.17 Å². The molecule has 0 bridgehead atoms. The molecule has 0 spiro atoms. The predicted octanol–water partition coefficient (Wildman–Crippen LogP) is -0.253. The molecule has 0 aromatic heterocycles. The first-order chi connectivity index (χ1) is 7.88. The van der Waals surface area contributed by atoms with E-state index < -0.39 is 0 Å². The van der Waals surface area contributed by atoms with Crippen LogP contribution in [0.2, 0.25) is 0 Å². The summed E-state index contributed by atoms with van der Waals surface area (Å²) in [5, 5.41) is 10.3. The molecule has 0 aromatic carbocycles. The highest BCUT2D eigenvalue weighted by Gasteiger charge is 2.16. The predicted molar refractivity (Wildman–Crippen MR) is 67.5 cm³/mol. The van der Waals surface area contributed by atoms with Crippen LogP contribution in [0.25, 0.3) is 0 Å². The first kappa shape index (κ1) is 12.0. The number of hydrogen-bond donors (Lipinski definition) is 3. The Morgan fingerprint density at radius 1 is 1.19 bits per heavy atom. The van der Waals surface area contributed by atoms with Crippen LogP contribution in [-0.2, 0) is 0 Å². The SMILES string of the molecule is C/C=C(\CC1NCCN1)CN1CCNCC1. The molecule has 0 amide bonds. The van der Waals surface area contributed by atoms with Gasteiger partial charge < -0.3 is 16.0 Å². The van der Waals surface area contributed by atoms with Crippen LogP contribution in [0.1, 0.15) is 13.3 Å². The van der Waals surface area contributed by atoms with E-state index in [0.29, 0.717) is 6.17 Å². The molecular weight excluding hydrogens is 200 g/mol. The van der Waals surface area contributed by atoms with Crippen LogP contribution in [0.5, 0.6) is 0 Å². The van der Waals surface area contributed by atoms with Crippen LogP contribution >= 0.6 is 0 Å². The van der Waals surface area contributed by atoms with Gasteiger partial charge in [-0.3, -0.25) is 4.90 Å². The van der Waals surface area contributed by atoms with Gasteiger partial charge in [-0.1, -0.05) is 11.6 Å². The summed E-state index contributed by atoms with van der Waals surface area (Å²) < 4.78 is 0. The lowest BCUT2D eigenvalue weighted by molar-refractivity contribution is 0.256. The highest BCUT2D eigenvalue weighted by molar-refractivity contribution is 5.06. The van der Waals surface area contributed by atoms with E-state index in [-0.39, 0.29) is 0 Å². The highest BCUT2D eigenvalue weighted by Crippen LogP contribution is 2.09. The summed E-state index contributed by atoms with van der Waals surface area (Å²) in [6.07, 6.45) is 3.92. The van der Waals surface area contributed by atoms with Gasteiger partial charge in [0, 0.05) is 45.8 Å². The fourth-order valence-corrected chi connectivity index (χ4v) is 2.40. The molecule has 16 heavy (non-hydrogen) atoms. The van der Waals surface area contributed by atoms with Crippen molar-refractivity contribution in [3.63, 3.8) is 0 Å². The molecule has 0 aliphatic carbocycles. The van der Waals surface area contributed by atoms with Crippen LogP contribution in [0, 0.1) is 0 Å². The molecule has 2 aliphatic heterocycles. The Hall–Kier alpha value is -0.420. The smallest absolute Gasteiger partial charge is 0.0611 e. The molecule has 4 heteroatoms. The lowest BCUT2D eigenvalue weighted by Gasteiger charge is -2.28. The average Bonchev–Trinajstić information content (AvgIpc) is 2.82. The molecule has 3 N–H and O–H groups in total. The molecule has 92 valence electrons. The van der Waals surface area contributed by atoms with Crippen LogP contribution in [0.15, 0.2) is 11.6 Å². The maximum atomic E-state index is 3.48. The van der Waals surface area contributed by atoms with Crippen LogP contribution in [0.4, 0.5) is 0 Å². The third-order valence-electron chi connectivity index (χ3n) is 3.42. The Morgan fingerprint density at radius 2 is 1.88 bits per heavy atom. The Labute approximate surface area is 98.5 Å². The molecule has 0 atom stereocenters. The van der Waals surface area contributed by atoms with Crippen LogP contribution in [0.3, 0.4) is 0 Å². The average molecular weight is 224 g/mol. The Morgan fingerprint density at radius 3 is 2.50 bits per heavy atom. The van der Waals surface area contributed by atoms with Gasteiger partial charge in [0.1, 0.15) is 0 Å². The number of rotatable bonds is 4. The van der Waals surface area contributed by atoms with E-state index in [1.54, 1.807) is 5.57 Å². The van der Waals surface area contributed by atoms with E-state index in [2.05, 4.69) is 33.9 Å². The molecule has 0 aromatic rings. The van der Waals surface area contributed by atoms with Crippen LogP contribution < -0.4 is 16.0 Å². The van der Waals surface area contributed by atoms with Crippen molar-refractivity contribution in [3.05, 3.63) is 11.6 Å². The summed E-state index contributed by atoms with van der Waals surface area (Å²) in [6, 6.07) is 0. The lowest BCUT2D eigenvalue weighted by atomic mass is 10.1. The maximum absolute atomic E-state index is 3.48. The molecule has 2 saturated heterocycles. The molecule has 2 aliphatic rings. The van der Waals surface area contributed by atoms with Crippen molar-refractivity contribution >= 4 is 0 Å². The summed E-state index contributed by atoms with van der Waals surface area (Å²) in [4.78, 5) is 2.54. The van der Waals surface area contributed by atoms with Gasteiger partial charge >= 0.3 is 0 Å². The van der Waals surface area contributed by atoms with Gasteiger partial charge in [0.15, 0.2) is 0 Å². The van der Waals surface area contributed by atoms with Crippen molar-refractivity contribution in [3.8, 4) is 0 Å². The van der Waals surface area contributed by atoms with Gasteiger partial charge in [-0.05, 0) is 13.3 Å². The minimum absolute atomic E-state index is 0.495. The van der Waals surface area contributed by atoms with Crippen molar-refractivity contribution in [2.45, 2.75) is 19.5 Å². The molecule has 2 heterocycles. The largest absolute Gasteiger partial charge is 0.314 e. The van der Waals surface area contributed by atoms with Gasteiger partial charge in [-0.25, -0.2) is 0 Å². The van der Waals surface area contributed by atoms with Crippen molar-refractivity contribution in [2.24, 2.45) is 0 Å². The quantitative estimate of drug-likeness (QED) is 0.576. The Kier molecular flexibility index (Phi) is 4.78. The van der Waals surface area contributed by atoms with E-state index in [4.69, 9.17) is 0 Å². The molecule has 2 rings (SSSR count). The minimum Gasteiger partial charge on any atom is -0.314 e. The Balaban J connectivity index is 1.75. The number of piperazine rings is 1. The zero-order valence-corrected chi connectivity index (χ0v) is 10.3. The zero-order valence-electron chi connectivity index (χ0n) is 10.3. The van der Waals surface area contributed by atoms with Gasteiger partial charge in [-0.15, -0.1) is 0 Å². The minimum atomic E-state index is 0.495. The third kappa shape index (κ3) is 3.56. The fraction of sp³-hybridized carbons (Fsp3) is 0.833. The Bertz CT molecular complexity index is 227. The molecule has 0 unspecified atom stereocenters. The van der Waals surface area contributed by atoms with E-state index in [1.807, 2.05) is 0 Å². The van der Waals surface area contributed by atoms with Crippen molar-refractivity contribution < 1.29 is 0 Å². The van der Waals surface area contributed by atoms with E-state index in [9.17, 15) is 0 Å². The molecular formula is C12H24N4. The third-order valence-corrected chi connectivity index (χ3v) is 3.42. The normalized spacial score (nSPS) is 25.2. The molecule has 2 fully saturated rings. The monoisotopic (exact) mass is 224 g/mol. The van der Waals surface area contributed by atoms with E-state index in [0.717, 1.165) is 39.1 Å². The summed E-state index contributed by atoms with van der Waals surface area (Å²) >= 11 is 0. The standard InChI is InChI=1S/C12H24N4/c1-2-11(9-12-14-3-4-15-12)10-16-7-5-13-6-8-16/h2,12-15H,3-10H2,1H3/b11-2+. The number of allylic oxidation sites excluding steroid dienone is 1.